The molecule has 2 heterocycles. The van der Waals surface area contributed by atoms with Crippen molar-refractivity contribution in [1.82, 2.24) is 9.80 Å². The predicted molar refractivity (Wildman–Crippen MR) is 127 cm³/mol. The minimum absolute atomic E-state index is 0.269. The fourth-order valence-electron chi connectivity index (χ4n) is 4.02. The molecular weight excluding hydrogens is 414 g/mol. The van der Waals surface area contributed by atoms with Gasteiger partial charge in [-0.25, -0.2) is 4.79 Å². The number of carbonyl (C=O) groups excluding carboxylic acids is 1. The summed E-state index contributed by atoms with van der Waals surface area (Å²) in [6, 6.07) is 10.4. The van der Waals surface area contributed by atoms with Crippen molar-refractivity contribution in [3.8, 4) is 0 Å². The van der Waals surface area contributed by atoms with E-state index in [0.717, 1.165) is 62.6 Å². The van der Waals surface area contributed by atoms with E-state index in [0.29, 0.717) is 10.7 Å². The lowest BCUT2D eigenvalue weighted by Crippen LogP contribution is -2.49. The van der Waals surface area contributed by atoms with Gasteiger partial charge in [0.05, 0.1) is 12.7 Å². The fourth-order valence-corrected chi connectivity index (χ4v) is 5.65. The van der Waals surface area contributed by atoms with Crippen LogP contribution in [0.2, 0.25) is 0 Å². The van der Waals surface area contributed by atoms with E-state index < -0.39 is 0 Å². The third-order valence-electron chi connectivity index (χ3n) is 5.66. The molecule has 0 unspecified atom stereocenters. The molecule has 1 aromatic carbocycles. The van der Waals surface area contributed by atoms with Crippen molar-refractivity contribution in [2.45, 2.75) is 19.3 Å². The molecule has 5 nitrogen and oxygen atoms in total. The molecule has 0 bridgehead atoms. The second kappa shape index (κ2) is 9.73. The highest BCUT2D eigenvalue weighted by Crippen LogP contribution is 2.39. The molecule has 0 radical (unpaired) electrons. The summed E-state index contributed by atoms with van der Waals surface area (Å²) in [7, 11) is 1.44. The molecule has 2 aliphatic rings. The number of hydrogen-bond donors (Lipinski definition) is 1. The van der Waals surface area contributed by atoms with Crippen LogP contribution in [0, 0.1) is 0 Å². The zero-order valence-corrected chi connectivity index (χ0v) is 18.9. The number of hydrogen-bond acceptors (Lipinski definition) is 5. The van der Waals surface area contributed by atoms with Gasteiger partial charge < -0.3 is 15.0 Å². The Kier molecular flexibility index (Phi) is 6.82. The quantitative estimate of drug-likeness (QED) is 0.558. The van der Waals surface area contributed by atoms with Gasteiger partial charge in [-0.05, 0) is 42.6 Å². The number of esters is 1. The standard InChI is InChI=1S/C23H27N3O2S2/c1-28-22(27)20-18-10-5-11-19(18)30-21(20)24-23(29)26-15-13-25(14-16-26)12-6-9-17-7-3-2-4-8-17/h2-4,6-9H,5,10-16H2,1H3,(H,24,29)/b9-6+. The average Bonchev–Trinajstić information content (AvgIpc) is 3.35. The molecule has 1 saturated heterocycles. The average molecular weight is 442 g/mol. The van der Waals surface area contributed by atoms with Crippen LogP contribution in [-0.4, -0.2) is 60.7 Å². The maximum Gasteiger partial charge on any atom is 0.341 e. The van der Waals surface area contributed by atoms with Crippen LogP contribution in [0.3, 0.4) is 0 Å². The van der Waals surface area contributed by atoms with Crippen molar-refractivity contribution in [3.63, 3.8) is 0 Å². The Labute approximate surface area is 187 Å². The summed E-state index contributed by atoms with van der Waals surface area (Å²) in [5, 5.41) is 4.88. The van der Waals surface area contributed by atoms with Gasteiger partial charge in [0.25, 0.3) is 0 Å². The lowest BCUT2D eigenvalue weighted by molar-refractivity contribution is 0.0601. The van der Waals surface area contributed by atoms with Crippen molar-refractivity contribution in [2.24, 2.45) is 0 Å². The van der Waals surface area contributed by atoms with Gasteiger partial charge in [0, 0.05) is 37.6 Å². The predicted octanol–water partition coefficient (Wildman–Crippen LogP) is 4.05. The van der Waals surface area contributed by atoms with Crippen LogP contribution in [0.15, 0.2) is 36.4 Å². The van der Waals surface area contributed by atoms with Gasteiger partial charge in [-0.15, -0.1) is 11.3 Å². The number of nitrogens with zero attached hydrogens (tertiary/aromatic N) is 2. The van der Waals surface area contributed by atoms with E-state index in [2.05, 4.69) is 51.5 Å². The van der Waals surface area contributed by atoms with Crippen LogP contribution in [0.5, 0.6) is 0 Å². The van der Waals surface area contributed by atoms with Crippen LogP contribution < -0.4 is 5.32 Å². The van der Waals surface area contributed by atoms with Crippen molar-refractivity contribution in [1.29, 1.82) is 0 Å². The van der Waals surface area contributed by atoms with Gasteiger partial charge >= 0.3 is 5.97 Å². The Morgan fingerprint density at radius 2 is 1.97 bits per heavy atom. The normalized spacial score (nSPS) is 16.6. The summed E-state index contributed by atoms with van der Waals surface area (Å²) >= 11 is 7.32. The maximum atomic E-state index is 12.3. The van der Waals surface area contributed by atoms with Crippen molar-refractivity contribution in [3.05, 3.63) is 58.0 Å². The monoisotopic (exact) mass is 441 g/mol. The molecule has 0 saturated carbocycles. The summed E-state index contributed by atoms with van der Waals surface area (Å²) in [6.07, 6.45) is 7.48. The second-order valence-electron chi connectivity index (χ2n) is 7.58. The van der Waals surface area contributed by atoms with Crippen LogP contribution in [0.1, 0.15) is 32.8 Å². The fraction of sp³-hybridized carbons (Fsp3) is 0.391. The van der Waals surface area contributed by atoms with Gasteiger partial charge in [-0.1, -0.05) is 42.5 Å². The minimum Gasteiger partial charge on any atom is -0.465 e. The summed E-state index contributed by atoms with van der Waals surface area (Å²) < 4.78 is 5.03. The van der Waals surface area contributed by atoms with Crippen LogP contribution in [0.4, 0.5) is 5.00 Å². The molecule has 7 heteroatoms. The highest BCUT2D eigenvalue weighted by Gasteiger charge is 2.28. The third kappa shape index (κ3) is 4.74. The van der Waals surface area contributed by atoms with E-state index in [4.69, 9.17) is 17.0 Å². The first-order valence-corrected chi connectivity index (χ1v) is 11.6. The van der Waals surface area contributed by atoms with Gasteiger partial charge in [0.2, 0.25) is 0 Å². The summed E-state index contributed by atoms with van der Waals surface area (Å²) in [5.74, 6) is -0.269. The first kappa shape index (κ1) is 21.0. The second-order valence-corrected chi connectivity index (χ2v) is 9.08. The highest BCUT2D eigenvalue weighted by molar-refractivity contribution is 7.80. The summed E-state index contributed by atoms with van der Waals surface area (Å²) in [6.45, 7) is 4.62. The number of thiophene rings is 1. The Morgan fingerprint density at radius 3 is 2.70 bits per heavy atom. The summed E-state index contributed by atoms with van der Waals surface area (Å²) in [5.41, 5.74) is 3.06. The number of methoxy groups -OCH3 is 1. The van der Waals surface area contributed by atoms with E-state index in [1.807, 2.05) is 6.07 Å². The largest absolute Gasteiger partial charge is 0.465 e. The molecule has 4 rings (SSSR count). The van der Waals surface area contributed by atoms with Crippen molar-refractivity contribution < 1.29 is 9.53 Å². The van der Waals surface area contributed by atoms with Gasteiger partial charge in [0.1, 0.15) is 5.00 Å². The van der Waals surface area contributed by atoms with Gasteiger partial charge in [-0.2, -0.15) is 0 Å². The molecular formula is C23H27N3O2S2. The third-order valence-corrected chi connectivity index (χ3v) is 7.23. The molecule has 0 spiro atoms. The molecule has 1 aliphatic heterocycles. The molecule has 30 heavy (non-hydrogen) atoms. The Bertz CT molecular complexity index is 931. The minimum atomic E-state index is -0.269. The van der Waals surface area contributed by atoms with E-state index in [-0.39, 0.29) is 5.97 Å². The SMILES string of the molecule is COC(=O)c1c(NC(=S)N2CCN(C/C=C/c3ccccc3)CC2)sc2c1CCC2. The number of thiocarbonyl (C=S) groups is 1. The molecule has 1 fully saturated rings. The smallest absolute Gasteiger partial charge is 0.341 e. The number of carbonyl (C=O) groups is 1. The van der Waals surface area contributed by atoms with Crippen molar-refractivity contribution >= 4 is 45.7 Å². The Hall–Kier alpha value is -2.22. The number of anilines is 1. The number of ether oxygens (including phenoxy) is 1. The number of rotatable bonds is 5. The zero-order valence-electron chi connectivity index (χ0n) is 17.2. The Morgan fingerprint density at radius 1 is 1.20 bits per heavy atom. The van der Waals surface area contributed by atoms with Crippen molar-refractivity contribution in [2.75, 3.05) is 45.2 Å². The van der Waals surface area contributed by atoms with Gasteiger partial charge in [0.15, 0.2) is 5.11 Å². The molecule has 1 N–H and O–H groups in total. The van der Waals surface area contributed by atoms with E-state index >= 15 is 0 Å². The Balaban J connectivity index is 1.31. The van der Waals surface area contributed by atoms with E-state index in [1.54, 1.807) is 11.3 Å². The maximum absolute atomic E-state index is 12.3. The van der Waals surface area contributed by atoms with Crippen LogP contribution >= 0.6 is 23.6 Å². The molecule has 158 valence electrons. The molecule has 2 aromatic rings. The lowest BCUT2D eigenvalue weighted by atomic mass is 10.1. The first-order chi connectivity index (χ1) is 14.7. The molecule has 1 aromatic heterocycles. The lowest BCUT2D eigenvalue weighted by Gasteiger charge is -2.35. The number of nitrogens with one attached hydrogen (secondary N) is 1. The molecule has 0 atom stereocenters. The zero-order chi connectivity index (χ0) is 20.9. The first-order valence-electron chi connectivity index (χ1n) is 10.4. The molecule has 0 amide bonds. The van der Waals surface area contributed by atoms with Crippen LogP contribution in [-0.2, 0) is 17.6 Å². The number of piperazine rings is 1. The van der Waals surface area contributed by atoms with Gasteiger partial charge in [-0.3, -0.25) is 4.90 Å². The number of aryl methyl sites for hydroxylation is 1. The highest BCUT2D eigenvalue weighted by atomic mass is 32.1. The molecule has 1 aliphatic carbocycles. The van der Waals surface area contributed by atoms with Crippen LogP contribution in [0.25, 0.3) is 6.08 Å². The topological polar surface area (TPSA) is 44.8 Å². The number of fused-ring (bicyclic) bond motifs is 1. The number of benzene rings is 1. The van der Waals surface area contributed by atoms with E-state index in [1.165, 1.54) is 17.6 Å². The summed E-state index contributed by atoms with van der Waals surface area (Å²) in [4.78, 5) is 18.2. The van der Waals surface area contributed by atoms with E-state index in [9.17, 15) is 4.79 Å².